The number of benzene rings is 1. The Balaban J connectivity index is 1.27. The Kier molecular flexibility index (Phi) is 7.89. The number of likely N-dealkylation sites (tertiary alicyclic amines) is 2. The zero-order valence-electron chi connectivity index (χ0n) is 22.8. The molecule has 2 saturated heterocycles. The maximum Gasteiger partial charge on any atom is 0.319 e. The number of nitrogens with zero attached hydrogens (tertiary/aromatic N) is 4. The molecule has 4 amide bonds. The summed E-state index contributed by atoms with van der Waals surface area (Å²) in [4.78, 5) is 47.3. The molecule has 5 rings (SSSR count). The van der Waals surface area contributed by atoms with Gasteiger partial charge in [0.05, 0.1) is 16.1 Å². The van der Waals surface area contributed by atoms with Crippen molar-refractivity contribution in [2.24, 2.45) is 17.3 Å². The number of piperidine rings is 1. The summed E-state index contributed by atoms with van der Waals surface area (Å²) < 4.78 is 0. The van der Waals surface area contributed by atoms with Gasteiger partial charge in [0.1, 0.15) is 0 Å². The quantitative estimate of drug-likeness (QED) is 0.463. The molecule has 2 atom stereocenters. The van der Waals surface area contributed by atoms with Crippen LogP contribution < -0.4 is 0 Å². The fraction of sp³-hybridized carbons (Fsp3) is 0.690. The molecule has 4 fully saturated rings. The summed E-state index contributed by atoms with van der Waals surface area (Å²) in [6.45, 7) is 5.09. The molecule has 7 nitrogen and oxygen atoms in total. The second-order valence-corrected chi connectivity index (χ2v) is 13.1. The van der Waals surface area contributed by atoms with Crippen molar-refractivity contribution >= 4 is 41.0 Å². The number of likely N-dealkylation sites (N-methyl/N-ethyl adjacent to an activating group) is 1. The Hall–Kier alpha value is -1.99. The maximum atomic E-state index is 13.7. The summed E-state index contributed by atoms with van der Waals surface area (Å²) in [6.07, 6.45) is 6.90. The maximum absolute atomic E-state index is 13.7. The van der Waals surface area contributed by atoms with Crippen molar-refractivity contribution < 1.29 is 14.4 Å². The predicted molar refractivity (Wildman–Crippen MR) is 149 cm³/mol. The van der Waals surface area contributed by atoms with Gasteiger partial charge in [-0.05, 0) is 55.7 Å². The third-order valence-electron chi connectivity index (χ3n) is 9.32. The van der Waals surface area contributed by atoms with Crippen LogP contribution in [0.25, 0.3) is 0 Å². The Morgan fingerprint density at radius 2 is 1.66 bits per heavy atom. The molecule has 2 heterocycles. The monoisotopic (exact) mass is 562 g/mol. The number of amides is 4. The minimum atomic E-state index is -0.172. The van der Waals surface area contributed by atoms with Crippen molar-refractivity contribution in [1.29, 1.82) is 0 Å². The van der Waals surface area contributed by atoms with Crippen molar-refractivity contribution in [1.82, 2.24) is 19.6 Å². The number of hydrogen-bond acceptors (Lipinski definition) is 3. The summed E-state index contributed by atoms with van der Waals surface area (Å²) in [7, 11) is 3.71. The molecule has 1 aromatic rings. The molecular weight excluding hydrogens is 523 g/mol. The lowest BCUT2D eigenvalue weighted by Gasteiger charge is -2.35. The van der Waals surface area contributed by atoms with Crippen LogP contribution in [0.15, 0.2) is 18.2 Å². The highest BCUT2D eigenvalue weighted by molar-refractivity contribution is 6.42. The molecule has 0 spiro atoms. The van der Waals surface area contributed by atoms with E-state index in [1.165, 1.54) is 12.8 Å². The van der Waals surface area contributed by atoms with Crippen LogP contribution in [0.4, 0.5) is 4.79 Å². The van der Waals surface area contributed by atoms with Crippen molar-refractivity contribution in [2.45, 2.75) is 63.8 Å². The third-order valence-corrected chi connectivity index (χ3v) is 10.1. The minimum Gasteiger partial charge on any atom is -0.342 e. The van der Waals surface area contributed by atoms with Crippen molar-refractivity contribution in [3.05, 3.63) is 33.8 Å². The fourth-order valence-corrected chi connectivity index (χ4v) is 6.40. The Bertz CT molecular complexity index is 1080. The van der Waals surface area contributed by atoms with Gasteiger partial charge in [0.25, 0.3) is 0 Å². The van der Waals surface area contributed by atoms with Gasteiger partial charge in [-0.2, -0.15) is 0 Å². The zero-order valence-corrected chi connectivity index (χ0v) is 24.3. The van der Waals surface area contributed by atoms with E-state index < -0.39 is 0 Å². The van der Waals surface area contributed by atoms with Crippen LogP contribution in [0.2, 0.25) is 10.0 Å². The first-order valence-electron chi connectivity index (χ1n) is 14.1. The molecule has 2 saturated carbocycles. The van der Waals surface area contributed by atoms with E-state index >= 15 is 0 Å². The summed E-state index contributed by atoms with van der Waals surface area (Å²) in [5.41, 5.74) is 0.813. The van der Waals surface area contributed by atoms with E-state index in [0.717, 1.165) is 37.3 Å². The fourth-order valence-electron chi connectivity index (χ4n) is 6.09. The standard InChI is InChI=1S/C29H40Cl2N4O3/c1-29(11-12-29)27(37)34-14-9-20(10-15-34)26(36)35-17-22(21-6-7-23(30)24(31)16-21)25(18-35)33(3)28(38)32(2)13-8-19-4-5-19/h6-7,16,19-20,22,25H,4-5,8-15,17-18H2,1-3H3. The van der Waals surface area contributed by atoms with Gasteiger partial charge in [-0.25, -0.2) is 4.79 Å². The summed E-state index contributed by atoms with van der Waals surface area (Å²) in [5.74, 6) is 0.978. The zero-order chi connectivity index (χ0) is 27.2. The second kappa shape index (κ2) is 10.9. The van der Waals surface area contributed by atoms with Crippen molar-refractivity contribution in [3.63, 3.8) is 0 Å². The van der Waals surface area contributed by atoms with Crippen LogP contribution in [0.3, 0.4) is 0 Å². The normalized spacial score (nSPS) is 24.9. The number of halogens is 2. The van der Waals surface area contributed by atoms with Crippen LogP contribution >= 0.6 is 23.2 Å². The highest BCUT2D eigenvalue weighted by Gasteiger charge is 2.48. The van der Waals surface area contributed by atoms with Crippen LogP contribution in [-0.2, 0) is 9.59 Å². The van der Waals surface area contributed by atoms with E-state index in [-0.39, 0.29) is 41.1 Å². The van der Waals surface area contributed by atoms with Gasteiger partial charge in [-0.15, -0.1) is 0 Å². The number of carbonyl (C=O) groups excluding carboxylic acids is 3. The molecule has 2 aliphatic heterocycles. The molecule has 4 aliphatic rings. The first kappa shape index (κ1) is 27.6. The molecule has 0 bridgehead atoms. The third kappa shape index (κ3) is 5.79. The first-order chi connectivity index (χ1) is 18.1. The van der Waals surface area contributed by atoms with Gasteiger partial charge in [0, 0.05) is 64.1 Å². The molecule has 2 unspecified atom stereocenters. The average molecular weight is 564 g/mol. The van der Waals surface area contributed by atoms with Gasteiger partial charge in [0.15, 0.2) is 0 Å². The van der Waals surface area contributed by atoms with E-state index in [9.17, 15) is 14.4 Å². The van der Waals surface area contributed by atoms with Gasteiger partial charge in [0.2, 0.25) is 11.8 Å². The number of urea groups is 1. The summed E-state index contributed by atoms with van der Waals surface area (Å²) in [6, 6.07) is 5.43. The Morgan fingerprint density at radius 1 is 0.974 bits per heavy atom. The van der Waals surface area contributed by atoms with Crippen molar-refractivity contribution in [3.8, 4) is 0 Å². The van der Waals surface area contributed by atoms with E-state index in [4.69, 9.17) is 23.2 Å². The molecule has 0 N–H and O–H groups in total. The van der Waals surface area contributed by atoms with E-state index in [0.29, 0.717) is 49.1 Å². The van der Waals surface area contributed by atoms with Gasteiger partial charge in [-0.1, -0.05) is 49.0 Å². The molecular formula is C29H40Cl2N4O3. The highest BCUT2D eigenvalue weighted by Crippen LogP contribution is 2.47. The summed E-state index contributed by atoms with van der Waals surface area (Å²) >= 11 is 12.6. The van der Waals surface area contributed by atoms with Crippen LogP contribution in [0.5, 0.6) is 0 Å². The van der Waals surface area contributed by atoms with E-state index in [1.54, 1.807) is 6.07 Å². The lowest BCUT2D eigenvalue weighted by Crippen LogP contribution is -2.48. The molecule has 0 aromatic heterocycles. The number of hydrogen-bond donors (Lipinski definition) is 0. The molecule has 208 valence electrons. The molecule has 0 radical (unpaired) electrons. The Labute approximate surface area is 236 Å². The summed E-state index contributed by atoms with van der Waals surface area (Å²) in [5, 5.41) is 0.966. The van der Waals surface area contributed by atoms with E-state index in [2.05, 4.69) is 0 Å². The molecule has 2 aliphatic carbocycles. The molecule has 1 aromatic carbocycles. The number of rotatable bonds is 7. The van der Waals surface area contributed by atoms with Crippen LogP contribution in [0.1, 0.15) is 63.4 Å². The lowest BCUT2D eigenvalue weighted by atomic mass is 9.93. The SMILES string of the molecule is CN(CCC1CC1)C(=O)N(C)C1CN(C(=O)C2CCN(C(=O)C3(C)CC3)CC2)CC1c1ccc(Cl)c(Cl)c1. The van der Waals surface area contributed by atoms with E-state index in [1.807, 2.05) is 52.8 Å². The van der Waals surface area contributed by atoms with Gasteiger partial charge >= 0.3 is 6.03 Å². The van der Waals surface area contributed by atoms with Crippen LogP contribution in [-0.4, -0.2) is 90.3 Å². The smallest absolute Gasteiger partial charge is 0.319 e. The minimum absolute atomic E-state index is 0.0181. The van der Waals surface area contributed by atoms with Gasteiger partial charge < -0.3 is 19.6 Å². The predicted octanol–water partition coefficient (Wildman–Crippen LogP) is 5.11. The Morgan fingerprint density at radius 3 is 2.26 bits per heavy atom. The first-order valence-corrected chi connectivity index (χ1v) is 14.8. The average Bonchev–Trinajstić information content (AvgIpc) is 3.85. The molecule has 38 heavy (non-hydrogen) atoms. The highest BCUT2D eigenvalue weighted by atomic mass is 35.5. The van der Waals surface area contributed by atoms with Gasteiger partial charge in [-0.3, -0.25) is 9.59 Å². The van der Waals surface area contributed by atoms with Crippen LogP contribution in [0, 0.1) is 17.3 Å². The number of carbonyl (C=O) groups is 3. The van der Waals surface area contributed by atoms with Crippen molar-refractivity contribution in [2.75, 3.05) is 46.8 Å². The topological polar surface area (TPSA) is 64.2 Å². The molecule has 9 heteroatoms. The second-order valence-electron chi connectivity index (χ2n) is 12.3. The largest absolute Gasteiger partial charge is 0.342 e. The lowest BCUT2D eigenvalue weighted by molar-refractivity contribution is -0.142.